The van der Waals surface area contributed by atoms with Gasteiger partial charge in [0.2, 0.25) is 0 Å². The van der Waals surface area contributed by atoms with Gasteiger partial charge in [0.25, 0.3) is 5.91 Å². The Bertz CT molecular complexity index is 1210. The Morgan fingerprint density at radius 3 is 2.32 bits per heavy atom. The van der Waals surface area contributed by atoms with Crippen LogP contribution in [0.5, 0.6) is 0 Å². The number of nitrogens with one attached hydrogen (secondary N) is 1. The van der Waals surface area contributed by atoms with E-state index in [1.54, 1.807) is 30.3 Å². The summed E-state index contributed by atoms with van der Waals surface area (Å²) in [5.74, 6) is -0.408. The van der Waals surface area contributed by atoms with E-state index in [1.807, 2.05) is 0 Å². The molecule has 0 bridgehead atoms. The molecule has 4 nitrogen and oxygen atoms in total. The van der Waals surface area contributed by atoms with Gasteiger partial charge in [-0.3, -0.25) is 4.79 Å². The number of nitrogens with zero attached hydrogens (tertiary/aromatic N) is 1. The summed E-state index contributed by atoms with van der Waals surface area (Å²) < 4.78 is 44.3. The van der Waals surface area contributed by atoms with Crippen molar-refractivity contribution in [3.63, 3.8) is 0 Å². The Hall–Kier alpha value is -2.92. The van der Waals surface area contributed by atoms with Crippen molar-refractivity contribution in [2.75, 3.05) is 5.32 Å². The Labute approximate surface area is 189 Å². The van der Waals surface area contributed by atoms with Gasteiger partial charge in [-0.05, 0) is 48.5 Å². The molecule has 0 saturated heterocycles. The first-order valence-corrected chi connectivity index (χ1v) is 9.56. The second kappa shape index (κ2) is 9.06. The van der Waals surface area contributed by atoms with E-state index >= 15 is 0 Å². The third-order valence-corrected chi connectivity index (χ3v) is 4.73. The number of amides is 1. The maximum Gasteiger partial charge on any atom is 0.416 e. The molecule has 3 rings (SSSR count). The number of halogens is 6. The van der Waals surface area contributed by atoms with Crippen molar-refractivity contribution in [2.45, 2.75) is 6.18 Å². The van der Waals surface area contributed by atoms with Gasteiger partial charge in [0.15, 0.2) is 0 Å². The van der Waals surface area contributed by atoms with Gasteiger partial charge in [-0.2, -0.15) is 18.4 Å². The summed E-state index contributed by atoms with van der Waals surface area (Å²) in [7, 11) is 0. The number of hydrogen-bond acceptors (Lipinski definition) is 3. The normalized spacial score (nSPS) is 11.8. The van der Waals surface area contributed by atoms with Crippen LogP contribution in [0.25, 0.3) is 17.4 Å². The smallest absolute Gasteiger partial charge is 0.416 e. The molecule has 0 spiro atoms. The Balaban J connectivity index is 1.85. The summed E-state index contributed by atoms with van der Waals surface area (Å²) >= 11 is 17.8. The van der Waals surface area contributed by atoms with Crippen LogP contribution in [0.1, 0.15) is 11.3 Å². The lowest BCUT2D eigenvalue weighted by atomic mass is 10.1. The number of rotatable bonds is 4. The van der Waals surface area contributed by atoms with Gasteiger partial charge in [-0.15, -0.1) is 0 Å². The zero-order valence-corrected chi connectivity index (χ0v) is 17.5. The second-order valence-electron chi connectivity index (χ2n) is 6.18. The van der Waals surface area contributed by atoms with Crippen molar-refractivity contribution in [2.24, 2.45) is 0 Å². The predicted octanol–water partition coefficient (Wildman–Crippen LogP) is 7.47. The number of alkyl halides is 3. The van der Waals surface area contributed by atoms with E-state index in [4.69, 9.17) is 39.2 Å². The minimum atomic E-state index is -4.62. The second-order valence-corrected chi connectivity index (χ2v) is 7.46. The highest BCUT2D eigenvalue weighted by Gasteiger charge is 2.31. The number of benzene rings is 2. The highest BCUT2D eigenvalue weighted by atomic mass is 35.5. The van der Waals surface area contributed by atoms with Crippen LogP contribution in [0.4, 0.5) is 18.9 Å². The van der Waals surface area contributed by atoms with Crippen molar-refractivity contribution in [3.8, 4) is 17.4 Å². The van der Waals surface area contributed by atoms with E-state index in [9.17, 15) is 23.2 Å². The number of carbonyl (C=O) groups excluding carboxylic acids is 1. The van der Waals surface area contributed by atoms with Crippen molar-refractivity contribution >= 4 is 52.5 Å². The molecule has 1 N–H and O–H groups in total. The topological polar surface area (TPSA) is 66.0 Å². The van der Waals surface area contributed by atoms with Gasteiger partial charge in [-0.1, -0.05) is 34.8 Å². The summed E-state index contributed by atoms with van der Waals surface area (Å²) in [6.45, 7) is 0. The molecule has 0 aliphatic rings. The van der Waals surface area contributed by atoms with Crippen LogP contribution in [0.2, 0.25) is 15.1 Å². The predicted molar refractivity (Wildman–Crippen MR) is 113 cm³/mol. The van der Waals surface area contributed by atoms with Crippen LogP contribution in [0, 0.1) is 11.3 Å². The minimum Gasteiger partial charge on any atom is -0.457 e. The van der Waals surface area contributed by atoms with Crippen LogP contribution in [0.3, 0.4) is 0 Å². The third kappa shape index (κ3) is 5.61. The quantitative estimate of drug-likeness (QED) is 0.308. The van der Waals surface area contributed by atoms with E-state index in [0.717, 1.165) is 18.2 Å². The SMILES string of the molecule is N#C/C(=C\c1ccc(-c2cc(Cl)cc(Cl)c2)o1)C(=O)Nc1cc(C(F)(F)F)ccc1Cl. The monoisotopic (exact) mass is 484 g/mol. The Morgan fingerprint density at radius 1 is 1.03 bits per heavy atom. The molecular formula is C21H10Cl3F3N2O2. The standard InChI is InChI=1S/C21H10Cl3F3N2O2/c22-14-5-11(6-15(23)9-14)19-4-2-16(31-19)7-12(10-28)20(30)29-18-8-13(21(25,26)27)1-3-17(18)24/h1-9H,(H,29,30)/b12-7+. The number of carbonyl (C=O) groups is 1. The van der Waals surface area contributed by atoms with Crippen LogP contribution in [-0.2, 0) is 11.0 Å². The molecule has 0 unspecified atom stereocenters. The van der Waals surface area contributed by atoms with Crippen molar-refractivity contribution in [1.29, 1.82) is 5.26 Å². The van der Waals surface area contributed by atoms with Gasteiger partial charge in [0.05, 0.1) is 16.3 Å². The fraction of sp³-hybridized carbons (Fsp3) is 0.0476. The van der Waals surface area contributed by atoms with Crippen molar-refractivity contribution < 1.29 is 22.4 Å². The van der Waals surface area contributed by atoms with Crippen LogP contribution < -0.4 is 5.32 Å². The van der Waals surface area contributed by atoms with Crippen molar-refractivity contribution in [1.82, 2.24) is 0 Å². The molecule has 0 aliphatic carbocycles. The van der Waals surface area contributed by atoms with E-state index < -0.39 is 23.2 Å². The van der Waals surface area contributed by atoms with Gasteiger partial charge in [0.1, 0.15) is 23.2 Å². The number of nitriles is 1. The molecule has 0 aliphatic heterocycles. The van der Waals surface area contributed by atoms with Gasteiger partial charge in [0, 0.05) is 21.7 Å². The van der Waals surface area contributed by atoms with Crippen LogP contribution >= 0.6 is 34.8 Å². The first-order valence-electron chi connectivity index (χ1n) is 8.43. The minimum absolute atomic E-state index is 0.114. The number of hydrogen-bond donors (Lipinski definition) is 1. The van der Waals surface area contributed by atoms with Crippen LogP contribution in [0.15, 0.2) is 58.5 Å². The molecule has 0 saturated carbocycles. The van der Waals surface area contributed by atoms with E-state index in [1.165, 1.54) is 6.07 Å². The molecule has 0 radical (unpaired) electrons. The Morgan fingerprint density at radius 2 is 1.71 bits per heavy atom. The molecule has 3 aromatic rings. The fourth-order valence-electron chi connectivity index (χ4n) is 2.56. The molecule has 158 valence electrons. The lowest BCUT2D eigenvalue weighted by molar-refractivity contribution is -0.137. The van der Waals surface area contributed by atoms with Crippen LogP contribution in [-0.4, -0.2) is 5.91 Å². The van der Waals surface area contributed by atoms with Gasteiger partial charge < -0.3 is 9.73 Å². The summed E-state index contributed by atoms with van der Waals surface area (Å²) in [5.41, 5.74) is -1.10. The molecular weight excluding hydrogens is 476 g/mol. The zero-order valence-electron chi connectivity index (χ0n) is 15.2. The largest absolute Gasteiger partial charge is 0.457 e. The summed E-state index contributed by atoms with van der Waals surface area (Å²) in [6.07, 6.45) is -3.47. The van der Waals surface area contributed by atoms with E-state index in [-0.39, 0.29) is 16.5 Å². The molecule has 2 aromatic carbocycles. The highest BCUT2D eigenvalue weighted by Crippen LogP contribution is 2.34. The maximum atomic E-state index is 12.9. The van der Waals surface area contributed by atoms with Crippen molar-refractivity contribution in [3.05, 3.63) is 80.5 Å². The van der Waals surface area contributed by atoms with E-state index in [2.05, 4.69) is 5.32 Å². The first-order chi connectivity index (χ1) is 14.6. The Kier molecular flexibility index (Phi) is 6.65. The molecule has 1 amide bonds. The van der Waals surface area contributed by atoms with E-state index in [0.29, 0.717) is 27.4 Å². The average molecular weight is 486 g/mol. The highest BCUT2D eigenvalue weighted by molar-refractivity contribution is 6.35. The average Bonchev–Trinajstić information content (AvgIpc) is 3.15. The summed E-state index contributed by atoms with van der Waals surface area (Å²) in [4.78, 5) is 12.4. The third-order valence-electron chi connectivity index (χ3n) is 3.97. The zero-order chi connectivity index (χ0) is 22.8. The number of anilines is 1. The maximum absolute atomic E-state index is 12.9. The molecule has 31 heavy (non-hydrogen) atoms. The lowest BCUT2D eigenvalue weighted by Crippen LogP contribution is -2.15. The molecule has 10 heteroatoms. The van der Waals surface area contributed by atoms with Gasteiger partial charge >= 0.3 is 6.18 Å². The number of furan rings is 1. The first kappa shape index (κ1) is 22.8. The lowest BCUT2D eigenvalue weighted by Gasteiger charge is -2.11. The molecule has 0 atom stereocenters. The molecule has 1 aromatic heterocycles. The summed E-state index contributed by atoms with van der Waals surface area (Å²) in [5, 5.41) is 12.2. The molecule has 0 fully saturated rings. The molecule has 1 heterocycles. The fourth-order valence-corrected chi connectivity index (χ4v) is 3.25. The van der Waals surface area contributed by atoms with Gasteiger partial charge in [-0.25, -0.2) is 0 Å². The summed E-state index contributed by atoms with van der Waals surface area (Å²) in [6, 6.07) is 12.0.